The van der Waals surface area contributed by atoms with Crippen LogP contribution in [0.5, 0.6) is 0 Å². The Morgan fingerprint density at radius 2 is 2.21 bits per heavy atom. The van der Waals surface area contributed by atoms with Crippen LogP contribution in [0.2, 0.25) is 0 Å². The molecule has 1 aromatic rings. The van der Waals surface area contributed by atoms with E-state index in [0.29, 0.717) is 22.7 Å². The number of hydrogen-bond donors (Lipinski definition) is 3. The van der Waals surface area contributed by atoms with Crippen molar-refractivity contribution in [2.75, 3.05) is 23.4 Å². The van der Waals surface area contributed by atoms with Crippen LogP contribution in [0.3, 0.4) is 0 Å². The second-order valence-corrected chi connectivity index (χ2v) is 5.03. The van der Waals surface area contributed by atoms with Gasteiger partial charge >= 0.3 is 0 Å². The quantitative estimate of drug-likeness (QED) is 0.529. The number of amides is 1. The normalized spacial score (nSPS) is 10.4. The second kappa shape index (κ2) is 7.25. The van der Waals surface area contributed by atoms with E-state index in [2.05, 4.69) is 36.6 Å². The monoisotopic (exact) mass is 330 g/mol. The first-order chi connectivity index (χ1) is 8.99. The predicted octanol–water partition coefficient (Wildman–Crippen LogP) is 0.876. The summed E-state index contributed by atoms with van der Waals surface area (Å²) < 4.78 is 0.636. The van der Waals surface area contributed by atoms with Gasteiger partial charge in [-0.25, -0.2) is 15.8 Å². The van der Waals surface area contributed by atoms with Gasteiger partial charge in [-0.15, -0.1) is 0 Å². The Bertz CT molecular complexity index is 439. The number of nitrogens with one attached hydrogen (secondary N) is 2. The van der Waals surface area contributed by atoms with Crippen molar-refractivity contribution in [3.05, 3.63) is 10.8 Å². The first kappa shape index (κ1) is 15.6. The average molecular weight is 331 g/mol. The van der Waals surface area contributed by atoms with Gasteiger partial charge < -0.3 is 15.6 Å². The molecule has 0 saturated heterocycles. The van der Waals surface area contributed by atoms with Crippen molar-refractivity contribution in [1.29, 1.82) is 0 Å². The third kappa shape index (κ3) is 4.32. The van der Waals surface area contributed by atoms with Crippen molar-refractivity contribution < 1.29 is 4.79 Å². The number of likely N-dealkylation sites (N-methyl/N-ethyl adjacent to an activating group) is 1. The van der Waals surface area contributed by atoms with Crippen LogP contribution in [-0.4, -0.2) is 35.0 Å². The van der Waals surface area contributed by atoms with E-state index in [1.807, 2.05) is 25.7 Å². The van der Waals surface area contributed by atoms with E-state index in [-0.39, 0.29) is 18.5 Å². The molecule has 1 aromatic heterocycles. The molecule has 0 aliphatic carbocycles. The summed E-state index contributed by atoms with van der Waals surface area (Å²) in [5, 5.41) is 2.85. The molecule has 0 spiro atoms. The molecule has 8 heteroatoms. The SMILES string of the molecule is CCN(CC(=O)NC(C)C)c1ncnc(NN)c1Br. The predicted molar refractivity (Wildman–Crippen MR) is 78.7 cm³/mol. The highest BCUT2D eigenvalue weighted by atomic mass is 79.9. The van der Waals surface area contributed by atoms with Gasteiger partial charge in [0.1, 0.15) is 16.6 Å². The summed E-state index contributed by atoms with van der Waals surface area (Å²) in [4.78, 5) is 21.8. The van der Waals surface area contributed by atoms with Crippen LogP contribution in [0, 0.1) is 0 Å². The molecule has 0 aliphatic heterocycles. The van der Waals surface area contributed by atoms with Gasteiger partial charge in [-0.2, -0.15) is 0 Å². The third-order valence-electron chi connectivity index (χ3n) is 2.37. The second-order valence-electron chi connectivity index (χ2n) is 4.24. The molecule has 4 N–H and O–H groups in total. The van der Waals surface area contributed by atoms with Gasteiger partial charge in [-0.1, -0.05) is 0 Å². The molecule has 0 unspecified atom stereocenters. The Hall–Kier alpha value is -1.41. The molecule has 0 fully saturated rings. The van der Waals surface area contributed by atoms with Crippen molar-refractivity contribution in [1.82, 2.24) is 15.3 Å². The maximum Gasteiger partial charge on any atom is 0.239 e. The lowest BCUT2D eigenvalue weighted by Gasteiger charge is -2.23. The van der Waals surface area contributed by atoms with Crippen LogP contribution >= 0.6 is 15.9 Å². The van der Waals surface area contributed by atoms with E-state index in [1.54, 1.807) is 0 Å². The molecule has 0 atom stereocenters. The first-order valence-electron chi connectivity index (χ1n) is 6.01. The van der Waals surface area contributed by atoms with Crippen molar-refractivity contribution >= 4 is 33.5 Å². The molecule has 0 aromatic carbocycles. The Kier molecular flexibility index (Phi) is 5.97. The molecule has 1 rings (SSSR count). The van der Waals surface area contributed by atoms with E-state index in [1.165, 1.54) is 6.33 Å². The largest absolute Gasteiger partial charge is 0.352 e. The molecular formula is C11H19BrN6O. The summed E-state index contributed by atoms with van der Waals surface area (Å²) in [6.45, 7) is 6.67. The minimum absolute atomic E-state index is 0.0513. The van der Waals surface area contributed by atoms with Crippen molar-refractivity contribution in [3.63, 3.8) is 0 Å². The molecule has 106 valence electrons. The van der Waals surface area contributed by atoms with Crippen LogP contribution in [0.4, 0.5) is 11.6 Å². The number of nitrogens with two attached hydrogens (primary N) is 1. The summed E-state index contributed by atoms with van der Waals surface area (Å²) in [6, 6.07) is 0.112. The van der Waals surface area contributed by atoms with Crippen LogP contribution in [-0.2, 0) is 4.79 Å². The first-order valence-corrected chi connectivity index (χ1v) is 6.80. The standard InChI is InChI=1S/C11H19BrN6O/c1-4-18(5-8(19)16-7(2)3)11-9(12)10(17-13)14-6-15-11/h6-7H,4-5,13H2,1-3H3,(H,16,19)(H,14,15,17). The number of anilines is 2. The highest BCUT2D eigenvalue weighted by Crippen LogP contribution is 2.28. The zero-order chi connectivity index (χ0) is 14.4. The minimum atomic E-state index is -0.0513. The number of aromatic nitrogens is 2. The van der Waals surface area contributed by atoms with Gasteiger partial charge in [0, 0.05) is 12.6 Å². The van der Waals surface area contributed by atoms with Crippen molar-refractivity contribution in [2.24, 2.45) is 5.84 Å². The van der Waals surface area contributed by atoms with E-state index >= 15 is 0 Å². The number of nitrogen functional groups attached to an aromatic ring is 1. The molecule has 0 aliphatic rings. The van der Waals surface area contributed by atoms with Gasteiger partial charge in [0.2, 0.25) is 5.91 Å². The van der Waals surface area contributed by atoms with Crippen LogP contribution in [0.1, 0.15) is 20.8 Å². The summed E-state index contributed by atoms with van der Waals surface area (Å²) in [7, 11) is 0. The van der Waals surface area contributed by atoms with E-state index in [0.717, 1.165) is 0 Å². The topological polar surface area (TPSA) is 96.2 Å². The highest BCUT2D eigenvalue weighted by molar-refractivity contribution is 9.10. The van der Waals surface area contributed by atoms with Gasteiger partial charge in [0.05, 0.1) is 6.54 Å². The molecule has 0 radical (unpaired) electrons. The summed E-state index contributed by atoms with van der Waals surface area (Å²) in [6.07, 6.45) is 1.40. The smallest absolute Gasteiger partial charge is 0.239 e. The van der Waals surface area contributed by atoms with E-state index in [9.17, 15) is 4.79 Å². The van der Waals surface area contributed by atoms with Gasteiger partial charge in [-0.3, -0.25) is 4.79 Å². The molecule has 7 nitrogen and oxygen atoms in total. The summed E-state index contributed by atoms with van der Waals surface area (Å²) in [5.41, 5.74) is 2.47. The minimum Gasteiger partial charge on any atom is -0.352 e. The Morgan fingerprint density at radius 1 is 1.53 bits per heavy atom. The fraction of sp³-hybridized carbons (Fsp3) is 0.545. The van der Waals surface area contributed by atoms with E-state index < -0.39 is 0 Å². The lowest BCUT2D eigenvalue weighted by molar-refractivity contribution is -0.120. The molecule has 1 amide bonds. The number of rotatable bonds is 6. The van der Waals surface area contributed by atoms with Gasteiger partial charge in [-0.05, 0) is 36.7 Å². The molecule has 0 bridgehead atoms. The maximum atomic E-state index is 11.8. The third-order valence-corrected chi connectivity index (χ3v) is 3.10. The zero-order valence-electron chi connectivity index (χ0n) is 11.3. The summed E-state index contributed by atoms with van der Waals surface area (Å²) >= 11 is 3.38. The maximum absolute atomic E-state index is 11.8. The number of nitrogens with zero attached hydrogens (tertiary/aromatic N) is 3. The Balaban J connectivity index is 2.88. The number of hydrazine groups is 1. The van der Waals surface area contributed by atoms with Crippen LogP contribution < -0.4 is 21.5 Å². The Morgan fingerprint density at radius 3 is 2.74 bits per heavy atom. The van der Waals surface area contributed by atoms with E-state index in [4.69, 9.17) is 5.84 Å². The number of halogens is 1. The molecule has 1 heterocycles. The Labute approximate surface area is 121 Å². The molecule has 0 saturated carbocycles. The fourth-order valence-corrected chi connectivity index (χ4v) is 2.13. The fourth-order valence-electron chi connectivity index (χ4n) is 1.56. The van der Waals surface area contributed by atoms with Crippen molar-refractivity contribution in [2.45, 2.75) is 26.8 Å². The molecular weight excluding hydrogens is 312 g/mol. The van der Waals surface area contributed by atoms with Crippen LogP contribution in [0.25, 0.3) is 0 Å². The number of hydrogen-bond acceptors (Lipinski definition) is 6. The summed E-state index contributed by atoms with van der Waals surface area (Å²) in [5.74, 6) is 6.42. The average Bonchev–Trinajstić information content (AvgIpc) is 2.35. The zero-order valence-corrected chi connectivity index (χ0v) is 12.9. The van der Waals surface area contributed by atoms with Crippen LogP contribution in [0.15, 0.2) is 10.8 Å². The van der Waals surface area contributed by atoms with Gasteiger partial charge in [0.15, 0.2) is 5.82 Å². The number of carbonyl (C=O) groups excluding carboxylic acids is 1. The lowest BCUT2D eigenvalue weighted by atomic mass is 10.3. The molecule has 19 heavy (non-hydrogen) atoms. The van der Waals surface area contributed by atoms with Gasteiger partial charge in [0.25, 0.3) is 0 Å². The lowest BCUT2D eigenvalue weighted by Crippen LogP contribution is -2.40. The van der Waals surface area contributed by atoms with Crippen molar-refractivity contribution in [3.8, 4) is 0 Å². The number of carbonyl (C=O) groups is 1. The highest BCUT2D eigenvalue weighted by Gasteiger charge is 2.17.